The molecule has 0 spiro atoms. The molecule has 0 aliphatic carbocycles. The number of rotatable bonds is 8. The quantitative estimate of drug-likeness (QED) is 0.139. The highest BCUT2D eigenvalue weighted by Crippen LogP contribution is 2.47. The molecule has 0 atom stereocenters. The lowest BCUT2D eigenvalue weighted by Crippen LogP contribution is -2.10. The fraction of sp³-hybridized carbons (Fsp3) is 0. The van der Waals surface area contributed by atoms with Gasteiger partial charge in [-0.3, -0.25) is 0 Å². The van der Waals surface area contributed by atoms with Crippen LogP contribution in [-0.4, -0.2) is 9.97 Å². The Bertz CT molecular complexity index is 4940. The van der Waals surface area contributed by atoms with Gasteiger partial charge in [-0.1, -0.05) is 121 Å². The van der Waals surface area contributed by atoms with Crippen molar-refractivity contribution in [2.24, 2.45) is 0 Å². The van der Waals surface area contributed by atoms with Crippen LogP contribution < -0.4 is 9.80 Å². The lowest BCUT2D eigenvalue weighted by molar-refractivity contribution is 0.619. The number of fused-ring (bicyclic) bond motifs is 14. The van der Waals surface area contributed by atoms with Crippen molar-refractivity contribution in [3.05, 3.63) is 255 Å². The molecule has 374 valence electrons. The van der Waals surface area contributed by atoms with E-state index >= 15 is 0 Å². The average Bonchev–Trinajstić information content (AvgIpc) is 4.47. The second-order valence-electron chi connectivity index (χ2n) is 20.5. The first kappa shape index (κ1) is 44.2. The molecule has 0 saturated carbocycles. The number of anilines is 6. The van der Waals surface area contributed by atoms with E-state index in [1.54, 1.807) is 0 Å². The molecular formula is C72H42N4O4. The fourth-order valence-corrected chi connectivity index (χ4v) is 12.1. The van der Waals surface area contributed by atoms with Gasteiger partial charge in [0.25, 0.3) is 0 Å². The van der Waals surface area contributed by atoms with E-state index in [9.17, 15) is 0 Å². The Morgan fingerprint density at radius 3 is 1.04 bits per heavy atom. The van der Waals surface area contributed by atoms with Crippen LogP contribution in [0.15, 0.2) is 272 Å². The van der Waals surface area contributed by atoms with E-state index in [1.807, 2.05) is 48.5 Å². The van der Waals surface area contributed by atoms with Gasteiger partial charge in [-0.05, 0) is 154 Å². The van der Waals surface area contributed by atoms with Crippen molar-refractivity contribution in [3.8, 4) is 22.9 Å². The van der Waals surface area contributed by atoms with Gasteiger partial charge in [0.15, 0.2) is 11.2 Å². The number of para-hydroxylation sites is 4. The van der Waals surface area contributed by atoms with Gasteiger partial charge in [-0.2, -0.15) is 0 Å². The van der Waals surface area contributed by atoms with Gasteiger partial charge in [-0.15, -0.1) is 0 Å². The minimum absolute atomic E-state index is 0.583. The maximum atomic E-state index is 6.91. The molecule has 13 aromatic carbocycles. The highest BCUT2D eigenvalue weighted by Gasteiger charge is 2.23. The van der Waals surface area contributed by atoms with Crippen LogP contribution in [0, 0.1) is 0 Å². The molecule has 17 rings (SSSR count). The van der Waals surface area contributed by atoms with Gasteiger partial charge < -0.3 is 27.5 Å². The standard InChI is InChI=1S/C72H42N4O4/c1-3-15-51-45(13-1)37-63(55-19-7-5-17-53(51)55)75(47-29-25-43(26-30-47)71-73-61-21-9-11-23-65(61)79-71)49-33-35-57-59-41-70-60(42-69(59)77-67(57)39-49)58-36-34-50(40-68(58)78-70)76(64-38-46-14-2-4-16-52(46)54-18-6-8-20-56(54)64)48-31-27-44(28-32-48)72-74-62-22-10-12-24-66(62)80-72/h1-42H. The smallest absolute Gasteiger partial charge is 0.227 e. The summed E-state index contributed by atoms with van der Waals surface area (Å²) in [6.45, 7) is 0. The summed E-state index contributed by atoms with van der Waals surface area (Å²) in [5, 5.41) is 13.3. The van der Waals surface area contributed by atoms with Gasteiger partial charge in [0.1, 0.15) is 33.4 Å². The summed E-state index contributed by atoms with van der Waals surface area (Å²) in [6, 6.07) is 89.0. The Hall–Kier alpha value is -11.0. The minimum Gasteiger partial charge on any atom is -0.456 e. The van der Waals surface area contributed by atoms with Gasteiger partial charge in [0.05, 0.1) is 11.4 Å². The van der Waals surface area contributed by atoms with Crippen LogP contribution in [-0.2, 0) is 0 Å². The summed E-state index contributed by atoms with van der Waals surface area (Å²) >= 11 is 0. The van der Waals surface area contributed by atoms with Crippen LogP contribution in [0.5, 0.6) is 0 Å². The zero-order valence-electron chi connectivity index (χ0n) is 42.7. The van der Waals surface area contributed by atoms with Crippen molar-refractivity contribution in [1.29, 1.82) is 0 Å². The molecule has 4 heterocycles. The lowest BCUT2D eigenvalue weighted by atomic mass is 9.98. The van der Waals surface area contributed by atoms with Crippen molar-refractivity contribution < 1.29 is 17.7 Å². The first-order chi connectivity index (χ1) is 39.6. The number of oxazole rings is 2. The molecular weight excluding hydrogens is 985 g/mol. The van der Waals surface area contributed by atoms with Crippen molar-refractivity contribution >= 4 is 143 Å². The van der Waals surface area contributed by atoms with Crippen LogP contribution in [0.4, 0.5) is 34.1 Å². The van der Waals surface area contributed by atoms with Crippen molar-refractivity contribution in [1.82, 2.24) is 9.97 Å². The van der Waals surface area contributed by atoms with Gasteiger partial charge >= 0.3 is 0 Å². The molecule has 80 heavy (non-hydrogen) atoms. The van der Waals surface area contributed by atoms with Crippen molar-refractivity contribution in [3.63, 3.8) is 0 Å². The molecule has 17 aromatic rings. The SMILES string of the molecule is c1ccc2c(c1)cc(N(c1ccc(-c3nc4ccccc4o3)cc1)c1ccc3c(c1)oc1cc4c(cc13)oc1cc(N(c3ccc(-c5nc6ccccc6o5)cc3)c3cc5ccccc5c5ccccc35)ccc14)c1ccccc12. The third-order valence-corrected chi connectivity index (χ3v) is 15.9. The fourth-order valence-electron chi connectivity index (χ4n) is 12.1. The Labute approximate surface area is 456 Å². The summed E-state index contributed by atoms with van der Waals surface area (Å²) in [4.78, 5) is 14.2. The summed E-state index contributed by atoms with van der Waals surface area (Å²) in [7, 11) is 0. The van der Waals surface area contributed by atoms with E-state index in [1.165, 1.54) is 21.5 Å². The highest BCUT2D eigenvalue weighted by atomic mass is 16.4. The number of benzene rings is 13. The molecule has 0 fully saturated rings. The van der Waals surface area contributed by atoms with Crippen LogP contribution in [0.25, 0.3) is 132 Å². The molecule has 8 nitrogen and oxygen atoms in total. The minimum atomic E-state index is 0.583. The predicted octanol–water partition coefficient (Wildman–Crippen LogP) is 20.7. The molecule has 0 amide bonds. The zero-order valence-corrected chi connectivity index (χ0v) is 42.7. The summed E-state index contributed by atoms with van der Waals surface area (Å²) in [5.74, 6) is 1.17. The summed E-state index contributed by atoms with van der Waals surface area (Å²) < 4.78 is 26.2. The van der Waals surface area contributed by atoms with E-state index in [2.05, 4.69) is 216 Å². The van der Waals surface area contributed by atoms with Crippen molar-refractivity contribution in [2.45, 2.75) is 0 Å². The Balaban J connectivity index is 0.786. The first-order valence-electron chi connectivity index (χ1n) is 26.8. The van der Waals surface area contributed by atoms with E-state index in [4.69, 9.17) is 27.6 Å². The summed E-state index contributed by atoms with van der Waals surface area (Å²) in [5.41, 5.74) is 14.1. The third kappa shape index (κ3) is 6.95. The Morgan fingerprint density at radius 2 is 0.600 bits per heavy atom. The maximum Gasteiger partial charge on any atom is 0.227 e. The molecule has 0 aliphatic heterocycles. The third-order valence-electron chi connectivity index (χ3n) is 15.9. The maximum absolute atomic E-state index is 6.91. The monoisotopic (exact) mass is 1030 g/mol. The number of hydrogen-bond donors (Lipinski definition) is 0. The number of aromatic nitrogens is 2. The Morgan fingerprint density at radius 1 is 0.237 bits per heavy atom. The predicted molar refractivity (Wildman–Crippen MR) is 326 cm³/mol. The molecule has 0 radical (unpaired) electrons. The van der Waals surface area contributed by atoms with Crippen LogP contribution in [0.2, 0.25) is 0 Å². The molecule has 8 heteroatoms. The lowest BCUT2D eigenvalue weighted by Gasteiger charge is -2.27. The molecule has 0 unspecified atom stereocenters. The second-order valence-corrected chi connectivity index (χ2v) is 20.5. The second kappa shape index (κ2) is 17.3. The Kier molecular flexibility index (Phi) is 9.54. The van der Waals surface area contributed by atoms with Crippen LogP contribution >= 0.6 is 0 Å². The normalized spacial score (nSPS) is 12.0. The largest absolute Gasteiger partial charge is 0.456 e. The molecule has 0 bridgehead atoms. The van der Waals surface area contributed by atoms with E-state index in [0.29, 0.717) is 11.8 Å². The van der Waals surface area contributed by atoms with Gasteiger partial charge in [0, 0.05) is 78.3 Å². The highest BCUT2D eigenvalue weighted by molar-refractivity contribution is 6.18. The van der Waals surface area contributed by atoms with E-state index < -0.39 is 0 Å². The summed E-state index contributed by atoms with van der Waals surface area (Å²) in [6.07, 6.45) is 0. The number of furan rings is 2. The average molecular weight is 1030 g/mol. The number of hydrogen-bond acceptors (Lipinski definition) is 8. The zero-order chi connectivity index (χ0) is 52.4. The van der Waals surface area contributed by atoms with E-state index in [-0.39, 0.29) is 0 Å². The molecule has 0 aliphatic rings. The number of nitrogens with zero attached hydrogens (tertiary/aromatic N) is 4. The van der Waals surface area contributed by atoms with Gasteiger partial charge in [0.2, 0.25) is 11.8 Å². The van der Waals surface area contributed by atoms with E-state index in [0.717, 1.165) is 133 Å². The molecule has 0 saturated heterocycles. The van der Waals surface area contributed by atoms with Crippen LogP contribution in [0.3, 0.4) is 0 Å². The molecule has 4 aromatic heterocycles. The topological polar surface area (TPSA) is 84.8 Å². The van der Waals surface area contributed by atoms with Gasteiger partial charge in [-0.25, -0.2) is 9.97 Å². The van der Waals surface area contributed by atoms with Crippen LogP contribution in [0.1, 0.15) is 0 Å². The molecule has 0 N–H and O–H groups in total. The van der Waals surface area contributed by atoms with Crippen molar-refractivity contribution in [2.75, 3.05) is 9.80 Å². The first-order valence-corrected chi connectivity index (χ1v) is 26.8.